The van der Waals surface area contributed by atoms with Crippen LogP contribution in [0.15, 0.2) is 0 Å². The number of hydrogen-bond acceptors (Lipinski definition) is 5. The van der Waals surface area contributed by atoms with Gasteiger partial charge in [0.15, 0.2) is 0 Å². The summed E-state index contributed by atoms with van der Waals surface area (Å²) < 4.78 is 10.0. The minimum Gasteiger partial charge on any atom is -0.468 e. The van der Waals surface area contributed by atoms with Gasteiger partial charge in [-0.25, -0.2) is 0 Å². The first-order chi connectivity index (χ1) is 8.20. The number of morpholine rings is 1. The van der Waals surface area contributed by atoms with Crippen molar-refractivity contribution < 1.29 is 19.1 Å². The molecule has 6 nitrogen and oxygen atoms in total. The van der Waals surface area contributed by atoms with E-state index in [1.54, 1.807) is 0 Å². The third-order valence-electron chi connectivity index (χ3n) is 3.25. The minimum atomic E-state index is -0.341. The molecule has 2 atom stereocenters. The van der Waals surface area contributed by atoms with E-state index >= 15 is 0 Å². The number of nitrogens with zero attached hydrogens (tertiary/aromatic N) is 1. The van der Waals surface area contributed by atoms with Crippen molar-refractivity contribution in [1.29, 1.82) is 0 Å². The fraction of sp³-hybridized carbons (Fsp3) is 0.818. The van der Waals surface area contributed by atoms with Crippen LogP contribution in [0.3, 0.4) is 0 Å². The Hall–Kier alpha value is -1.14. The summed E-state index contributed by atoms with van der Waals surface area (Å²) in [5.41, 5.74) is 0. The summed E-state index contributed by atoms with van der Waals surface area (Å²) >= 11 is 0. The highest BCUT2D eigenvalue weighted by Crippen LogP contribution is 2.13. The van der Waals surface area contributed by atoms with Crippen LogP contribution in [-0.4, -0.2) is 62.3 Å². The lowest BCUT2D eigenvalue weighted by Gasteiger charge is -2.35. The molecule has 0 spiro atoms. The number of rotatable bonds is 3. The van der Waals surface area contributed by atoms with Crippen LogP contribution in [0, 0.1) is 0 Å². The molecule has 17 heavy (non-hydrogen) atoms. The maximum Gasteiger partial charge on any atom is 0.325 e. The predicted molar refractivity (Wildman–Crippen MR) is 59.4 cm³/mol. The number of esters is 1. The molecule has 0 radical (unpaired) electrons. The second kappa shape index (κ2) is 5.46. The lowest BCUT2D eigenvalue weighted by atomic mass is 10.1. The largest absolute Gasteiger partial charge is 0.468 e. The molecule has 2 aliphatic rings. The molecule has 2 unspecified atom stereocenters. The van der Waals surface area contributed by atoms with E-state index in [9.17, 15) is 9.59 Å². The number of methoxy groups -OCH3 is 1. The molecule has 6 heteroatoms. The Morgan fingerprint density at radius 1 is 1.65 bits per heavy atom. The summed E-state index contributed by atoms with van der Waals surface area (Å²) in [6.07, 6.45) is 1.42. The molecule has 2 rings (SSSR count). The summed E-state index contributed by atoms with van der Waals surface area (Å²) in [6, 6.07) is -0.195. The monoisotopic (exact) mass is 242 g/mol. The quantitative estimate of drug-likeness (QED) is 0.652. The van der Waals surface area contributed by atoms with Crippen LogP contribution in [0.4, 0.5) is 0 Å². The zero-order valence-electron chi connectivity index (χ0n) is 9.98. The van der Waals surface area contributed by atoms with Gasteiger partial charge in [-0.15, -0.1) is 0 Å². The van der Waals surface area contributed by atoms with Gasteiger partial charge in [0.2, 0.25) is 5.91 Å². The molecule has 1 amide bonds. The van der Waals surface area contributed by atoms with E-state index in [4.69, 9.17) is 9.47 Å². The van der Waals surface area contributed by atoms with Crippen LogP contribution < -0.4 is 5.32 Å². The third-order valence-corrected chi connectivity index (χ3v) is 3.25. The van der Waals surface area contributed by atoms with Crippen LogP contribution in [0.5, 0.6) is 0 Å². The Balaban J connectivity index is 1.92. The van der Waals surface area contributed by atoms with Crippen molar-refractivity contribution >= 4 is 11.9 Å². The van der Waals surface area contributed by atoms with Crippen molar-refractivity contribution in [3.05, 3.63) is 0 Å². The van der Waals surface area contributed by atoms with E-state index < -0.39 is 0 Å². The van der Waals surface area contributed by atoms with E-state index in [0.717, 1.165) is 6.42 Å². The number of amides is 1. The molecular formula is C11H18N2O4. The van der Waals surface area contributed by atoms with Gasteiger partial charge in [-0.3, -0.25) is 14.5 Å². The zero-order valence-corrected chi connectivity index (χ0v) is 9.98. The van der Waals surface area contributed by atoms with Gasteiger partial charge in [0, 0.05) is 25.6 Å². The average molecular weight is 242 g/mol. The van der Waals surface area contributed by atoms with Crippen molar-refractivity contribution in [3.63, 3.8) is 0 Å². The van der Waals surface area contributed by atoms with Gasteiger partial charge in [-0.1, -0.05) is 0 Å². The molecule has 0 bridgehead atoms. The molecule has 96 valence electrons. The summed E-state index contributed by atoms with van der Waals surface area (Å²) in [6.45, 7) is 2.38. The van der Waals surface area contributed by atoms with E-state index in [2.05, 4.69) is 5.32 Å². The molecule has 2 fully saturated rings. The van der Waals surface area contributed by atoms with E-state index in [0.29, 0.717) is 32.7 Å². The summed E-state index contributed by atoms with van der Waals surface area (Å²) in [7, 11) is 1.38. The van der Waals surface area contributed by atoms with Gasteiger partial charge in [0.25, 0.3) is 0 Å². The van der Waals surface area contributed by atoms with Crippen molar-refractivity contribution in [2.45, 2.75) is 24.9 Å². The summed E-state index contributed by atoms with van der Waals surface area (Å²) in [5, 5.41) is 2.91. The van der Waals surface area contributed by atoms with Gasteiger partial charge >= 0.3 is 5.97 Å². The van der Waals surface area contributed by atoms with Crippen LogP contribution in [0.2, 0.25) is 0 Å². The predicted octanol–water partition coefficient (Wildman–Crippen LogP) is -0.861. The molecule has 0 aliphatic carbocycles. The first kappa shape index (κ1) is 12.3. The summed E-state index contributed by atoms with van der Waals surface area (Å²) in [5.74, 6) is -0.174. The lowest BCUT2D eigenvalue weighted by Crippen LogP contribution is -2.53. The maximum absolute atomic E-state index is 11.6. The van der Waals surface area contributed by atoms with E-state index in [1.165, 1.54) is 7.11 Å². The molecule has 0 aromatic heterocycles. The molecule has 2 heterocycles. The Bertz CT molecular complexity index is 308. The topological polar surface area (TPSA) is 67.9 Å². The maximum atomic E-state index is 11.6. The lowest BCUT2D eigenvalue weighted by molar-refractivity contribution is -0.153. The fourth-order valence-electron chi connectivity index (χ4n) is 2.31. The van der Waals surface area contributed by atoms with Gasteiger partial charge < -0.3 is 14.8 Å². The van der Waals surface area contributed by atoms with Crippen LogP contribution in [0.25, 0.3) is 0 Å². The highest BCUT2D eigenvalue weighted by Gasteiger charge is 2.33. The number of carbonyl (C=O) groups is 2. The molecule has 2 saturated heterocycles. The Morgan fingerprint density at radius 2 is 2.47 bits per heavy atom. The molecule has 1 N–H and O–H groups in total. The normalized spacial score (nSPS) is 30.1. The smallest absolute Gasteiger partial charge is 0.325 e. The molecular weight excluding hydrogens is 224 g/mol. The van der Waals surface area contributed by atoms with Crippen LogP contribution in [0.1, 0.15) is 12.8 Å². The number of nitrogens with one attached hydrogen (secondary N) is 1. The second-order valence-electron chi connectivity index (χ2n) is 4.41. The molecule has 0 aromatic carbocycles. The fourth-order valence-corrected chi connectivity index (χ4v) is 2.31. The first-order valence-electron chi connectivity index (χ1n) is 5.89. The standard InChI is InChI=1S/C11H18N2O4/c1-16-11(15)9-7-17-5-4-13(9)6-8-2-3-10(14)12-8/h8-9H,2-7H2,1H3,(H,12,14). The van der Waals surface area contributed by atoms with Crippen molar-refractivity contribution in [3.8, 4) is 0 Å². The van der Waals surface area contributed by atoms with Crippen molar-refractivity contribution in [1.82, 2.24) is 10.2 Å². The Kier molecular flexibility index (Phi) is 3.96. The number of carbonyl (C=O) groups excluding carboxylic acids is 2. The molecule has 2 aliphatic heterocycles. The van der Waals surface area contributed by atoms with Crippen LogP contribution >= 0.6 is 0 Å². The molecule has 0 saturated carbocycles. The average Bonchev–Trinajstić information content (AvgIpc) is 2.74. The highest BCUT2D eigenvalue weighted by molar-refractivity contribution is 5.78. The second-order valence-corrected chi connectivity index (χ2v) is 4.41. The molecule has 0 aromatic rings. The third kappa shape index (κ3) is 2.95. The first-order valence-corrected chi connectivity index (χ1v) is 5.89. The van der Waals surface area contributed by atoms with E-state index in [-0.39, 0.29) is 24.0 Å². The zero-order chi connectivity index (χ0) is 12.3. The Labute approximate surface area is 100 Å². The van der Waals surface area contributed by atoms with Crippen LogP contribution in [-0.2, 0) is 19.1 Å². The minimum absolute atomic E-state index is 0.0953. The van der Waals surface area contributed by atoms with Gasteiger partial charge in [-0.2, -0.15) is 0 Å². The van der Waals surface area contributed by atoms with Crippen molar-refractivity contribution in [2.24, 2.45) is 0 Å². The summed E-state index contributed by atoms with van der Waals surface area (Å²) in [4.78, 5) is 24.7. The Morgan fingerprint density at radius 3 is 3.12 bits per heavy atom. The highest BCUT2D eigenvalue weighted by atomic mass is 16.5. The van der Waals surface area contributed by atoms with Gasteiger partial charge in [-0.05, 0) is 6.42 Å². The number of ether oxygens (including phenoxy) is 2. The van der Waals surface area contributed by atoms with Crippen molar-refractivity contribution in [2.75, 3.05) is 33.4 Å². The number of hydrogen-bond donors (Lipinski definition) is 1. The SMILES string of the molecule is COC(=O)C1COCCN1CC1CCC(=O)N1. The van der Waals surface area contributed by atoms with Gasteiger partial charge in [0.1, 0.15) is 6.04 Å². The van der Waals surface area contributed by atoms with Gasteiger partial charge in [0.05, 0.1) is 20.3 Å². The van der Waals surface area contributed by atoms with E-state index in [1.807, 2.05) is 4.90 Å².